The molecule has 0 bridgehead atoms. The van der Waals surface area contributed by atoms with Crippen LogP contribution in [0.15, 0.2) is 10.9 Å². The summed E-state index contributed by atoms with van der Waals surface area (Å²) in [7, 11) is 0. The van der Waals surface area contributed by atoms with Gasteiger partial charge in [-0.05, 0) is 25.7 Å². The molecule has 1 saturated carbocycles. The maximum Gasteiger partial charge on any atom is 0.252 e. The number of hydrogen-bond donors (Lipinski definition) is 2. The lowest BCUT2D eigenvalue weighted by Crippen LogP contribution is -2.12. The first kappa shape index (κ1) is 10.2. The third-order valence-corrected chi connectivity index (χ3v) is 2.65. The molecule has 2 rings (SSSR count). The van der Waals surface area contributed by atoms with Crippen LogP contribution in [0.5, 0.6) is 0 Å². The molecule has 1 aromatic rings. The van der Waals surface area contributed by atoms with Gasteiger partial charge in [-0.25, -0.2) is 4.98 Å². The first-order chi connectivity index (χ1) is 7.24. The Balaban J connectivity index is 1.78. The number of aromatic nitrogens is 2. The van der Waals surface area contributed by atoms with Crippen LogP contribution in [0.4, 0.5) is 5.82 Å². The van der Waals surface area contributed by atoms with Gasteiger partial charge in [0.25, 0.3) is 5.56 Å². The lowest BCUT2D eigenvalue weighted by Gasteiger charge is -2.04. The number of nitrogens with one attached hydrogen (secondary N) is 2. The summed E-state index contributed by atoms with van der Waals surface area (Å²) in [5.41, 5.74) is -0.0906. The Kier molecular flexibility index (Phi) is 3.04. The molecule has 1 fully saturated rings. The van der Waals surface area contributed by atoms with Gasteiger partial charge in [0, 0.05) is 12.6 Å². The van der Waals surface area contributed by atoms with Gasteiger partial charge in [-0.3, -0.25) is 4.79 Å². The fourth-order valence-corrected chi connectivity index (χ4v) is 1.68. The van der Waals surface area contributed by atoms with E-state index >= 15 is 0 Å². The predicted octanol–water partition coefficient (Wildman–Crippen LogP) is 1.68. The number of rotatable bonds is 5. The van der Waals surface area contributed by atoms with Gasteiger partial charge in [-0.15, -0.1) is 0 Å². The van der Waals surface area contributed by atoms with E-state index < -0.39 is 0 Å². The molecule has 0 radical (unpaired) electrons. The lowest BCUT2D eigenvalue weighted by atomic mass is 10.2. The fourth-order valence-electron chi connectivity index (χ4n) is 1.68. The van der Waals surface area contributed by atoms with Crippen molar-refractivity contribution in [3.8, 4) is 0 Å². The highest BCUT2D eigenvalue weighted by Gasteiger charge is 2.19. The normalized spacial score (nSPS) is 15.3. The molecule has 0 atom stereocenters. The standard InChI is InChI=1S/C11H17N3O/c1-8-13-10(7-11(15)14-8)12-6-2-3-9-4-5-9/h7,9H,2-6H2,1H3,(H2,12,13,14,15). The summed E-state index contributed by atoms with van der Waals surface area (Å²) < 4.78 is 0. The van der Waals surface area contributed by atoms with E-state index in [4.69, 9.17) is 0 Å². The molecule has 4 nitrogen and oxygen atoms in total. The summed E-state index contributed by atoms with van der Waals surface area (Å²) in [5.74, 6) is 2.32. The van der Waals surface area contributed by atoms with Gasteiger partial charge in [0.15, 0.2) is 0 Å². The second-order valence-corrected chi connectivity index (χ2v) is 4.23. The maximum atomic E-state index is 11.1. The van der Waals surface area contributed by atoms with Crippen molar-refractivity contribution in [1.29, 1.82) is 0 Å². The lowest BCUT2D eigenvalue weighted by molar-refractivity contribution is 0.686. The SMILES string of the molecule is Cc1nc(NCCCC2CC2)cc(=O)[nH]1. The van der Waals surface area contributed by atoms with E-state index in [0.29, 0.717) is 11.6 Å². The predicted molar refractivity (Wildman–Crippen MR) is 60.0 cm³/mol. The van der Waals surface area contributed by atoms with Crippen LogP contribution in [0, 0.1) is 12.8 Å². The Bertz CT molecular complexity index is 382. The van der Waals surface area contributed by atoms with Crippen molar-refractivity contribution in [1.82, 2.24) is 9.97 Å². The summed E-state index contributed by atoms with van der Waals surface area (Å²) in [6.45, 7) is 2.70. The van der Waals surface area contributed by atoms with Crippen molar-refractivity contribution in [2.75, 3.05) is 11.9 Å². The molecule has 0 unspecified atom stereocenters. The van der Waals surface area contributed by atoms with Crippen LogP contribution in [0.25, 0.3) is 0 Å². The summed E-state index contributed by atoms with van der Waals surface area (Å²) in [5, 5.41) is 3.18. The number of hydrogen-bond acceptors (Lipinski definition) is 3. The molecule has 2 N–H and O–H groups in total. The van der Waals surface area contributed by atoms with Crippen molar-refractivity contribution >= 4 is 5.82 Å². The molecule has 0 amide bonds. The highest BCUT2D eigenvalue weighted by atomic mass is 16.1. The van der Waals surface area contributed by atoms with Crippen molar-refractivity contribution < 1.29 is 0 Å². The van der Waals surface area contributed by atoms with Crippen LogP contribution >= 0.6 is 0 Å². The number of anilines is 1. The second-order valence-electron chi connectivity index (χ2n) is 4.23. The first-order valence-corrected chi connectivity index (χ1v) is 5.56. The van der Waals surface area contributed by atoms with Crippen molar-refractivity contribution in [2.24, 2.45) is 5.92 Å². The van der Waals surface area contributed by atoms with E-state index in [1.807, 2.05) is 0 Å². The minimum absolute atomic E-state index is 0.0906. The van der Waals surface area contributed by atoms with Crippen LogP contribution < -0.4 is 10.9 Å². The van der Waals surface area contributed by atoms with Crippen LogP contribution in [-0.2, 0) is 0 Å². The van der Waals surface area contributed by atoms with Gasteiger partial charge in [0.05, 0.1) is 0 Å². The molecule has 1 heterocycles. The third kappa shape index (κ3) is 3.38. The molecule has 1 aliphatic carbocycles. The number of aryl methyl sites for hydroxylation is 1. The number of nitrogens with zero attached hydrogens (tertiary/aromatic N) is 1. The first-order valence-electron chi connectivity index (χ1n) is 5.56. The smallest absolute Gasteiger partial charge is 0.252 e. The van der Waals surface area contributed by atoms with E-state index in [-0.39, 0.29) is 5.56 Å². The topological polar surface area (TPSA) is 57.8 Å². The molecule has 0 spiro atoms. The van der Waals surface area contributed by atoms with Gasteiger partial charge in [-0.2, -0.15) is 0 Å². The molecule has 0 aromatic carbocycles. The fraction of sp³-hybridized carbons (Fsp3) is 0.636. The molecule has 0 aliphatic heterocycles. The number of H-pyrrole nitrogens is 1. The maximum absolute atomic E-state index is 11.1. The quantitative estimate of drug-likeness (QED) is 0.722. The van der Waals surface area contributed by atoms with Crippen LogP contribution in [0.2, 0.25) is 0 Å². The zero-order valence-electron chi connectivity index (χ0n) is 9.05. The van der Waals surface area contributed by atoms with Crippen LogP contribution in [0.1, 0.15) is 31.5 Å². The van der Waals surface area contributed by atoms with Gasteiger partial charge in [-0.1, -0.05) is 12.8 Å². The van der Waals surface area contributed by atoms with Crippen molar-refractivity contribution in [3.63, 3.8) is 0 Å². The van der Waals surface area contributed by atoms with E-state index in [1.165, 1.54) is 25.3 Å². The molecule has 82 valence electrons. The van der Waals surface area contributed by atoms with E-state index in [2.05, 4.69) is 15.3 Å². The highest BCUT2D eigenvalue weighted by molar-refractivity contribution is 5.32. The minimum Gasteiger partial charge on any atom is -0.370 e. The third-order valence-electron chi connectivity index (χ3n) is 2.65. The average molecular weight is 207 g/mol. The van der Waals surface area contributed by atoms with E-state index in [9.17, 15) is 4.79 Å². The molecule has 15 heavy (non-hydrogen) atoms. The summed E-state index contributed by atoms with van der Waals surface area (Å²) in [4.78, 5) is 17.9. The van der Waals surface area contributed by atoms with E-state index in [0.717, 1.165) is 18.9 Å². The Morgan fingerprint density at radius 3 is 3.07 bits per heavy atom. The molecule has 4 heteroatoms. The Morgan fingerprint density at radius 1 is 1.60 bits per heavy atom. The van der Waals surface area contributed by atoms with Crippen molar-refractivity contribution in [2.45, 2.75) is 32.6 Å². The average Bonchev–Trinajstić information content (AvgIpc) is 2.94. The van der Waals surface area contributed by atoms with Crippen LogP contribution in [0.3, 0.4) is 0 Å². The van der Waals surface area contributed by atoms with Crippen molar-refractivity contribution in [3.05, 3.63) is 22.2 Å². The Labute approximate surface area is 89.1 Å². The van der Waals surface area contributed by atoms with E-state index in [1.54, 1.807) is 6.92 Å². The molecule has 1 aliphatic rings. The minimum atomic E-state index is -0.0906. The summed E-state index contributed by atoms with van der Waals surface area (Å²) in [6, 6.07) is 1.50. The zero-order valence-corrected chi connectivity index (χ0v) is 9.05. The molecule has 0 saturated heterocycles. The zero-order chi connectivity index (χ0) is 10.7. The monoisotopic (exact) mass is 207 g/mol. The highest BCUT2D eigenvalue weighted by Crippen LogP contribution is 2.33. The van der Waals surface area contributed by atoms with Gasteiger partial charge >= 0.3 is 0 Å². The molecular weight excluding hydrogens is 190 g/mol. The number of aromatic amines is 1. The van der Waals surface area contributed by atoms with Gasteiger partial charge in [0.2, 0.25) is 0 Å². The van der Waals surface area contributed by atoms with Gasteiger partial charge < -0.3 is 10.3 Å². The Hall–Kier alpha value is -1.32. The molecule has 1 aromatic heterocycles. The Morgan fingerprint density at radius 2 is 2.40 bits per heavy atom. The summed E-state index contributed by atoms with van der Waals surface area (Å²) in [6.07, 6.45) is 5.28. The largest absolute Gasteiger partial charge is 0.370 e. The second kappa shape index (κ2) is 4.47. The molecular formula is C11H17N3O. The van der Waals surface area contributed by atoms with Crippen LogP contribution in [-0.4, -0.2) is 16.5 Å². The summed E-state index contributed by atoms with van der Waals surface area (Å²) >= 11 is 0. The van der Waals surface area contributed by atoms with Gasteiger partial charge in [0.1, 0.15) is 11.6 Å².